The molecule has 7 atom stereocenters. The van der Waals surface area contributed by atoms with Crippen LogP contribution >= 0.6 is 0 Å². The lowest BCUT2D eigenvalue weighted by atomic mass is 9.44. The molecule has 3 aliphatic carbocycles. The Morgan fingerprint density at radius 2 is 1.37 bits per heavy atom. The molecule has 1 heterocycles. The maximum absolute atomic E-state index is 14.1. The molecule has 350 valence electrons. The normalized spacial score (nSPS) is 24.5. The smallest absolute Gasteiger partial charge is 0.509 e. The van der Waals surface area contributed by atoms with E-state index in [1.807, 2.05) is 6.07 Å². The molecule has 1 aromatic rings. The molecule has 1 aliphatic heterocycles. The summed E-state index contributed by atoms with van der Waals surface area (Å²) in [6, 6.07) is 4.05. The fourth-order valence-electron chi connectivity index (χ4n) is 8.73. The standard InChI is InChI=1S/C46H68N2O14Si/c1-26-17-21-45-35-29-15-16-31(62-63(13,14)44(10,11)12)36(35)58-37(45)32(57-33(49)19-23-47-38(51)27(2)55-40(53)60-42(4,5)6)18-22-46(45,30(26)25-29)59-34(50)20-24-48-39(52)28(3)56-41(54)61-43(7,8)9/h15-16,18,26-28,30,37H,17,19-25H2,1-14H3,(H,47,51)(H,48,52)/t26?,27-,28-,30-,37-,45?,46+/m0/s1. The SMILES string of the molecule is CC1CCC23c4c5ccc(O[Si](C)(C)C(C)(C)C)c4O[C@H]2C(OC(=O)CCNC(=O)[C@H](C)OC(=O)OC(C)(C)C)=CC[C@@]3(OC(=O)CCNC(=O)[C@H](C)OC(=O)OC(C)(C)C)[C@H]1C5. The molecule has 0 saturated heterocycles. The van der Waals surface area contributed by atoms with Gasteiger partial charge < -0.3 is 48.2 Å². The Kier molecular flexibility index (Phi) is 14.1. The number of esters is 2. The number of carbonyl (C=O) groups is 6. The highest BCUT2D eigenvalue weighted by Crippen LogP contribution is 2.70. The Morgan fingerprint density at radius 3 is 1.89 bits per heavy atom. The van der Waals surface area contributed by atoms with Gasteiger partial charge in [0.2, 0.25) is 0 Å². The zero-order valence-electron chi connectivity index (χ0n) is 39.5. The van der Waals surface area contributed by atoms with Crippen LogP contribution in [0.1, 0.15) is 126 Å². The topological polar surface area (TPSA) is 200 Å². The Balaban J connectivity index is 1.39. The average molecular weight is 901 g/mol. The highest BCUT2D eigenvalue weighted by Gasteiger charge is 2.74. The Bertz CT molecular complexity index is 1990. The zero-order valence-corrected chi connectivity index (χ0v) is 40.5. The Labute approximate surface area is 372 Å². The molecule has 0 radical (unpaired) electrons. The fraction of sp³-hybridized carbons (Fsp3) is 0.696. The van der Waals surface area contributed by atoms with Crippen molar-refractivity contribution < 1.29 is 66.4 Å². The number of rotatable bonds is 14. The summed E-state index contributed by atoms with van der Waals surface area (Å²) in [7, 11) is -2.40. The molecule has 1 saturated carbocycles. The maximum Gasteiger partial charge on any atom is 0.509 e. The fourth-order valence-corrected chi connectivity index (χ4v) is 9.75. The monoisotopic (exact) mass is 900 g/mol. The molecule has 2 N–H and O–H groups in total. The van der Waals surface area contributed by atoms with Gasteiger partial charge in [-0.25, -0.2) is 9.59 Å². The van der Waals surface area contributed by atoms with Crippen molar-refractivity contribution in [2.75, 3.05) is 13.1 Å². The molecule has 4 aliphatic rings. The highest BCUT2D eigenvalue weighted by atomic mass is 28.4. The lowest BCUT2D eigenvalue weighted by molar-refractivity contribution is -0.208. The zero-order chi connectivity index (χ0) is 47.1. The molecule has 2 amide bonds. The first-order valence-electron chi connectivity index (χ1n) is 22.0. The van der Waals surface area contributed by atoms with Gasteiger partial charge >= 0.3 is 24.2 Å². The lowest BCUT2D eigenvalue weighted by Crippen LogP contribution is -2.70. The van der Waals surface area contributed by atoms with Crippen LogP contribution in [0, 0.1) is 11.8 Å². The van der Waals surface area contributed by atoms with Crippen molar-refractivity contribution in [2.24, 2.45) is 11.8 Å². The van der Waals surface area contributed by atoms with Crippen LogP contribution in [0.25, 0.3) is 0 Å². The van der Waals surface area contributed by atoms with Crippen LogP contribution < -0.4 is 19.8 Å². The lowest BCUT2D eigenvalue weighted by Gasteiger charge is -2.62. The summed E-state index contributed by atoms with van der Waals surface area (Å²) >= 11 is 0. The molecule has 63 heavy (non-hydrogen) atoms. The van der Waals surface area contributed by atoms with E-state index >= 15 is 0 Å². The molecule has 16 nitrogen and oxygen atoms in total. The second-order valence-corrected chi connectivity index (χ2v) is 25.5. The molecule has 1 spiro atoms. The molecule has 1 aromatic carbocycles. The van der Waals surface area contributed by atoms with Gasteiger partial charge in [0.25, 0.3) is 20.1 Å². The van der Waals surface area contributed by atoms with E-state index in [2.05, 4.69) is 57.5 Å². The maximum atomic E-state index is 14.1. The molecular formula is C46H68N2O14Si. The van der Waals surface area contributed by atoms with E-state index in [9.17, 15) is 28.8 Å². The molecule has 0 aromatic heterocycles. The summed E-state index contributed by atoms with van der Waals surface area (Å²) in [5.74, 6) is -0.927. The van der Waals surface area contributed by atoms with Crippen LogP contribution in [0.2, 0.25) is 18.1 Å². The first kappa shape index (κ1) is 49.2. The predicted molar refractivity (Wildman–Crippen MR) is 232 cm³/mol. The highest BCUT2D eigenvalue weighted by molar-refractivity contribution is 6.74. The minimum Gasteiger partial charge on any atom is -0.541 e. The van der Waals surface area contributed by atoms with E-state index in [1.165, 1.54) is 13.8 Å². The van der Waals surface area contributed by atoms with E-state index in [4.69, 9.17) is 37.6 Å². The largest absolute Gasteiger partial charge is 0.541 e. The summed E-state index contributed by atoms with van der Waals surface area (Å²) in [5, 5.41) is 5.14. The van der Waals surface area contributed by atoms with Gasteiger partial charge in [0.05, 0.1) is 18.3 Å². The van der Waals surface area contributed by atoms with Crippen molar-refractivity contribution in [1.29, 1.82) is 0 Å². The van der Waals surface area contributed by atoms with Crippen LogP contribution in [-0.4, -0.2) is 92.6 Å². The van der Waals surface area contributed by atoms with Gasteiger partial charge in [-0.15, -0.1) is 0 Å². The van der Waals surface area contributed by atoms with Gasteiger partial charge in [-0.1, -0.05) is 33.8 Å². The number of amides is 2. The van der Waals surface area contributed by atoms with E-state index in [1.54, 1.807) is 47.6 Å². The van der Waals surface area contributed by atoms with Gasteiger partial charge in [-0.3, -0.25) is 19.2 Å². The third kappa shape index (κ3) is 10.6. The van der Waals surface area contributed by atoms with E-state index < -0.39 is 84.9 Å². The van der Waals surface area contributed by atoms with Crippen molar-refractivity contribution in [3.05, 3.63) is 35.1 Å². The first-order valence-corrected chi connectivity index (χ1v) is 24.9. The van der Waals surface area contributed by atoms with Gasteiger partial charge in [0.15, 0.2) is 24.1 Å². The average Bonchev–Trinajstić information content (AvgIpc) is 3.49. The van der Waals surface area contributed by atoms with Crippen molar-refractivity contribution in [2.45, 2.75) is 180 Å². The molecule has 5 rings (SSSR count). The number of hydrogen-bond acceptors (Lipinski definition) is 14. The Hall–Kier alpha value is -4.80. The second kappa shape index (κ2) is 18.0. The molecule has 2 unspecified atom stereocenters. The number of benzene rings is 1. The van der Waals surface area contributed by atoms with Crippen LogP contribution in [-0.2, 0) is 59.4 Å². The van der Waals surface area contributed by atoms with Crippen molar-refractivity contribution in [3.8, 4) is 11.5 Å². The Morgan fingerprint density at radius 1 is 0.825 bits per heavy atom. The minimum absolute atomic E-state index is 0.0730. The first-order chi connectivity index (χ1) is 29.0. The number of carbonyl (C=O) groups excluding carboxylic acids is 6. The number of ether oxygens (including phenoxy) is 7. The van der Waals surface area contributed by atoms with Crippen LogP contribution in [0.5, 0.6) is 11.5 Å². The summed E-state index contributed by atoms with van der Waals surface area (Å²) in [4.78, 5) is 77.4. The van der Waals surface area contributed by atoms with Gasteiger partial charge in [0.1, 0.15) is 28.3 Å². The van der Waals surface area contributed by atoms with E-state index in [0.29, 0.717) is 24.3 Å². The number of hydrogen-bond donors (Lipinski definition) is 2. The van der Waals surface area contributed by atoms with Crippen LogP contribution in [0.15, 0.2) is 24.0 Å². The molecule has 2 bridgehead atoms. The third-order valence-corrected chi connectivity index (χ3v) is 17.0. The van der Waals surface area contributed by atoms with E-state index in [0.717, 1.165) is 17.5 Å². The minimum atomic E-state index is -2.40. The molecule has 1 fully saturated rings. The summed E-state index contributed by atoms with van der Waals surface area (Å²) < 4.78 is 47.3. The quantitative estimate of drug-likeness (QED) is 0.106. The summed E-state index contributed by atoms with van der Waals surface area (Å²) in [6.07, 6.45) is -1.56. The summed E-state index contributed by atoms with van der Waals surface area (Å²) in [6.45, 7) is 25.7. The van der Waals surface area contributed by atoms with Gasteiger partial charge in [-0.2, -0.15) is 0 Å². The van der Waals surface area contributed by atoms with Crippen LogP contribution in [0.3, 0.4) is 0 Å². The number of nitrogens with one attached hydrogen (secondary N) is 2. The predicted octanol–water partition coefficient (Wildman–Crippen LogP) is 7.48. The van der Waals surface area contributed by atoms with Crippen molar-refractivity contribution in [3.63, 3.8) is 0 Å². The molecule has 17 heteroatoms. The van der Waals surface area contributed by atoms with Crippen molar-refractivity contribution in [1.82, 2.24) is 10.6 Å². The second-order valence-electron chi connectivity index (χ2n) is 20.8. The van der Waals surface area contributed by atoms with Gasteiger partial charge in [-0.05, 0) is 116 Å². The van der Waals surface area contributed by atoms with E-state index in [-0.39, 0.29) is 55.0 Å². The van der Waals surface area contributed by atoms with Gasteiger partial charge in [0, 0.05) is 31.0 Å². The van der Waals surface area contributed by atoms with Crippen molar-refractivity contribution >= 4 is 44.4 Å². The third-order valence-electron chi connectivity index (χ3n) is 12.7. The van der Waals surface area contributed by atoms with Crippen LogP contribution in [0.4, 0.5) is 9.59 Å². The molecular weight excluding hydrogens is 833 g/mol. The summed E-state index contributed by atoms with van der Waals surface area (Å²) in [5.41, 5.74) is -1.71.